The van der Waals surface area contributed by atoms with Gasteiger partial charge in [-0.2, -0.15) is 0 Å². The Morgan fingerprint density at radius 2 is 1.22 bits per heavy atom. The first kappa shape index (κ1) is 35.8. The van der Waals surface area contributed by atoms with Gasteiger partial charge in [0.05, 0.1) is 14.2 Å². The van der Waals surface area contributed by atoms with E-state index in [0.717, 1.165) is 35.3 Å². The number of rotatable bonds is 2. The Kier molecular flexibility index (Phi) is 8.95. The van der Waals surface area contributed by atoms with Gasteiger partial charge in [-0.1, -0.05) is 79.9 Å². The van der Waals surface area contributed by atoms with Crippen molar-refractivity contribution in [2.45, 2.75) is 151 Å². The van der Waals surface area contributed by atoms with Crippen molar-refractivity contribution >= 4 is 0 Å². The predicted octanol–water partition coefficient (Wildman–Crippen LogP) is 12.1. The molecule has 4 nitrogen and oxygen atoms in total. The highest BCUT2D eigenvalue weighted by Gasteiger charge is 2.58. The molecule has 2 aromatic rings. The van der Waals surface area contributed by atoms with E-state index in [0.29, 0.717) is 46.0 Å². The van der Waals surface area contributed by atoms with Gasteiger partial charge in [0.15, 0.2) is 0 Å². The minimum absolute atomic E-state index is 0.198. The molecule has 274 valence electrons. The fourth-order valence-electron chi connectivity index (χ4n) is 12.7. The third-order valence-electron chi connectivity index (χ3n) is 15.1. The van der Waals surface area contributed by atoms with Crippen LogP contribution >= 0.6 is 0 Å². The highest BCUT2D eigenvalue weighted by molar-refractivity contribution is 5.54. The average Bonchev–Trinajstić information content (AvgIpc) is 3.55. The van der Waals surface area contributed by atoms with Gasteiger partial charge in [0.2, 0.25) is 0 Å². The number of fused-ring (bicyclic) bond motifs is 10. The molecule has 9 atom stereocenters. The molecule has 3 fully saturated rings. The van der Waals surface area contributed by atoms with Gasteiger partial charge in [0.1, 0.15) is 35.2 Å². The molecule has 6 aliphatic rings. The molecule has 0 saturated heterocycles. The molecule has 50 heavy (non-hydrogen) atoms. The molecule has 0 radical (unpaired) electrons. The number of benzene rings is 2. The van der Waals surface area contributed by atoms with Crippen LogP contribution in [0.4, 0.5) is 0 Å². The number of hydrogen-bond acceptors (Lipinski definition) is 4. The van der Waals surface area contributed by atoms with Gasteiger partial charge in [-0.15, -0.1) is 0 Å². The molecule has 0 bridgehead atoms. The molecular formula is C46H66O4. The Bertz CT molecular complexity index is 1650. The summed E-state index contributed by atoms with van der Waals surface area (Å²) in [6, 6.07) is 8.95. The van der Waals surface area contributed by atoms with Gasteiger partial charge in [0, 0.05) is 35.1 Å². The van der Waals surface area contributed by atoms with E-state index in [1.54, 1.807) is 19.8 Å². The fourth-order valence-corrected chi connectivity index (χ4v) is 12.7. The maximum atomic E-state index is 6.60. The second kappa shape index (κ2) is 12.5. The first-order valence-electron chi connectivity index (χ1n) is 20.0. The van der Waals surface area contributed by atoms with Gasteiger partial charge in [-0.25, -0.2) is 0 Å². The summed E-state index contributed by atoms with van der Waals surface area (Å²) in [5, 5.41) is 0. The molecule has 2 aliphatic heterocycles. The quantitative estimate of drug-likeness (QED) is 0.296. The van der Waals surface area contributed by atoms with E-state index in [4.69, 9.17) is 18.9 Å². The summed E-state index contributed by atoms with van der Waals surface area (Å²) in [5.41, 5.74) is 8.25. The molecule has 8 rings (SSSR count). The van der Waals surface area contributed by atoms with Crippen molar-refractivity contribution < 1.29 is 18.9 Å². The summed E-state index contributed by atoms with van der Waals surface area (Å²) in [6.07, 6.45) is 14.9. The summed E-state index contributed by atoms with van der Waals surface area (Å²) in [6.45, 7) is 24.1. The number of allylic oxidation sites excluding steroid dienone is 2. The van der Waals surface area contributed by atoms with Gasteiger partial charge in [0.25, 0.3) is 0 Å². The normalized spacial score (nSPS) is 37.2. The molecule has 0 amide bonds. The lowest BCUT2D eigenvalue weighted by molar-refractivity contribution is -0.0303. The summed E-state index contributed by atoms with van der Waals surface area (Å²) < 4.78 is 24.3. The lowest BCUT2D eigenvalue weighted by atomic mass is 9.51. The maximum Gasteiger partial charge on any atom is 0.127 e. The van der Waals surface area contributed by atoms with Gasteiger partial charge < -0.3 is 18.9 Å². The van der Waals surface area contributed by atoms with Crippen LogP contribution in [0, 0.1) is 53.3 Å². The lowest BCUT2D eigenvalue weighted by Crippen LogP contribution is -2.46. The Hall–Kier alpha value is -2.62. The van der Waals surface area contributed by atoms with Gasteiger partial charge in [-0.3, -0.25) is 0 Å². The molecular weight excluding hydrogens is 617 g/mol. The Labute approximate surface area is 304 Å². The van der Waals surface area contributed by atoms with Crippen molar-refractivity contribution in [3.05, 3.63) is 58.2 Å². The van der Waals surface area contributed by atoms with Crippen LogP contribution < -0.4 is 18.9 Å². The topological polar surface area (TPSA) is 36.9 Å². The van der Waals surface area contributed by atoms with E-state index in [2.05, 4.69) is 99.6 Å². The zero-order chi connectivity index (χ0) is 36.0. The highest BCUT2D eigenvalue weighted by Crippen LogP contribution is 2.66. The van der Waals surface area contributed by atoms with Crippen molar-refractivity contribution in [1.82, 2.24) is 0 Å². The molecule has 0 spiro atoms. The van der Waals surface area contributed by atoms with E-state index in [-0.39, 0.29) is 11.5 Å². The Morgan fingerprint density at radius 1 is 0.660 bits per heavy atom. The van der Waals surface area contributed by atoms with Crippen molar-refractivity contribution in [3.8, 4) is 23.0 Å². The van der Waals surface area contributed by atoms with Crippen molar-refractivity contribution in [1.29, 1.82) is 0 Å². The summed E-state index contributed by atoms with van der Waals surface area (Å²) >= 11 is 0. The number of hydrogen-bond donors (Lipinski definition) is 0. The summed E-state index contributed by atoms with van der Waals surface area (Å²) in [5.74, 6) is 6.93. The summed E-state index contributed by atoms with van der Waals surface area (Å²) in [4.78, 5) is 0. The second-order valence-electron chi connectivity index (χ2n) is 19.3. The van der Waals surface area contributed by atoms with Crippen LogP contribution in [0.25, 0.3) is 0 Å². The lowest BCUT2D eigenvalue weighted by Gasteiger charge is -2.53. The smallest absolute Gasteiger partial charge is 0.127 e. The fraction of sp³-hybridized carbons (Fsp3) is 0.696. The van der Waals surface area contributed by atoms with E-state index in [1.165, 1.54) is 73.6 Å². The first-order valence-corrected chi connectivity index (χ1v) is 20.0. The largest absolute Gasteiger partial charge is 0.496 e. The SMILES string of the molecule is COc1cc2c(cc1C)[C@H]1[C@@H](O2)[C@H](C)CC=C2C(C)(C)CCC[C@@]21C.COc1cc2c(cc1C)[C@H]1[C@@H](O2)[C@H](C)CC[C@H]2C(C)(C)CCC[C@]12C. The summed E-state index contributed by atoms with van der Waals surface area (Å²) in [7, 11) is 3.50. The van der Waals surface area contributed by atoms with E-state index >= 15 is 0 Å². The molecule has 4 aliphatic carbocycles. The van der Waals surface area contributed by atoms with Crippen LogP contribution in [-0.4, -0.2) is 26.4 Å². The second-order valence-corrected chi connectivity index (χ2v) is 19.3. The molecule has 0 unspecified atom stereocenters. The van der Waals surface area contributed by atoms with Crippen molar-refractivity contribution in [3.63, 3.8) is 0 Å². The van der Waals surface area contributed by atoms with Crippen LogP contribution in [0.2, 0.25) is 0 Å². The minimum Gasteiger partial charge on any atom is -0.496 e. The molecule has 2 heterocycles. The van der Waals surface area contributed by atoms with E-state index in [1.807, 2.05) is 0 Å². The molecule has 0 N–H and O–H groups in total. The van der Waals surface area contributed by atoms with E-state index in [9.17, 15) is 0 Å². The van der Waals surface area contributed by atoms with Crippen LogP contribution in [0.5, 0.6) is 23.0 Å². The highest BCUT2D eigenvalue weighted by atomic mass is 16.5. The molecule has 3 saturated carbocycles. The predicted molar refractivity (Wildman–Crippen MR) is 205 cm³/mol. The van der Waals surface area contributed by atoms with E-state index < -0.39 is 0 Å². The Balaban J connectivity index is 0.000000157. The minimum atomic E-state index is 0.198. The standard InChI is InChI=1S/C23H34O2.C23H32O2/c2*1-14-8-9-19-22(3,4)10-7-11-23(19,5)20-16-12-15(2)17(24-6)13-18(16)25-21(14)20/h12-14,19-21H,7-11H2,1-6H3;9,12-14,20-21H,7-8,10-11H2,1-6H3/t14-,19+,20+,21+,23+;14-,20+,21+,23+/m11/s1. The number of ether oxygens (including phenoxy) is 4. The van der Waals surface area contributed by atoms with Crippen LogP contribution in [-0.2, 0) is 0 Å². The molecule has 0 aromatic heterocycles. The molecule has 2 aromatic carbocycles. The van der Waals surface area contributed by atoms with Crippen LogP contribution in [0.3, 0.4) is 0 Å². The van der Waals surface area contributed by atoms with Crippen molar-refractivity contribution in [2.75, 3.05) is 14.2 Å². The zero-order valence-electron chi connectivity index (χ0n) is 33.4. The third-order valence-corrected chi connectivity index (χ3v) is 15.1. The van der Waals surface area contributed by atoms with Crippen LogP contribution in [0.15, 0.2) is 35.9 Å². The first-order chi connectivity index (χ1) is 23.6. The maximum absolute atomic E-state index is 6.60. The number of aryl methyl sites for hydroxylation is 2. The average molecular weight is 683 g/mol. The third kappa shape index (κ3) is 5.51. The monoisotopic (exact) mass is 682 g/mol. The van der Waals surface area contributed by atoms with Gasteiger partial charge in [-0.05, 0) is 121 Å². The molecule has 4 heteroatoms. The zero-order valence-corrected chi connectivity index (χ0v) is 33.4. The van der Waals surface area contributed by atoms with Crippen molar-refractivity contribution in [2.24, 2.45) is 39.4 Å². The number of methoxy groups -OCH3 is 2. The van der Waals surface area contributed by atoms with Crippen LogP contribution in [0.1, 0.15) is 147 Å². The Morgan fingerprint density at radius 3 is 1.82 bits per heavy atom. The van der Waals surface area contributed by atoms with Gasteiger partial charge >= 0.3 is 0 Å².